The van der Waals surface area contributed by atoms with E-state index in [1.165, 1.54) is 6.07 Å². The summed E-state index contributed by atoms with van der Waals surface area (Å²) in [6.45, 7) is 0.233. The average Bonchev–Trinajstić information content (AvgIpc) is 3.41. The fourth-order valence-corrected chi connectivity index (χ4v) is 4.61. The quantitative estimate of drug-likeness (QED) is 0.490. The maximum absolute atomic E-state index is 12.4. The van der Waals surface area contributed by atoms with Crippen LogP contribution in [0.4, 0.5) is 4.79 Å². The zero-order chi connectivity index (χ0) is 23.7. The molecule has 1 fully saturated rings. The first-order chi connectivity index (χ1) is 16.5. The first kappa shape index (κ1) is 21.8. The summed E-state index contributed by atoms with van der Waals surface area (Å²) in [6, 6.07) is 19.2. The first-order valence-electron chi connectivity index (χ1n) is 11.2. The molecule has 2 aliphatic rings. The summed E-state index contributed by atoms with van der Waals surface area (Å²) in [4.78, 5) is 36.1. The predicted molar refractivity (Wildman–Crippen MR) is 122 cm³/mol. The number of rotatable bonds is 7. The van der Waals surface area contributed by atoms with Crippen molar-refractivity contribution in [2.24, 2.45) is 0 Å². The standard InChI is InChI=1S/C26H24N2O6/c29-23(28-26(24(30)31)12-5-13-26)22-11-10-16(34-22)14-27-25(32)33-15-21-19-8-3-1-6-17(19)18-7-2-4-9-20(18)21/h1-4,6-11,21H,5,12-15H2,(H,27,32)(H,28,29)(H,30,31). The Balaban J connectivity index is 1.15. The average molecular weight is 460 g/mol. The molecule has 0 bridgehead atoms. The van der Waals surface area contributed by atoms with Gasteiger partial charge in [0.1, 0.15) is 17.9 Å². The third-order valence-corrected chi connectivity index (χ3v) is 6.61. The number of nitrogens with one attached hydrogen (secondary N) is 2. The number of aliphatic carboxylic acids is 1. The third-order valence-electron chi connectivity index (χ3n) is 6.61. The van der Waals surface area contributed by atoms with Crippen molar-refractivity contribution in [2.75, 3.05) is 6.61 Å². The van der Waals surface area contributed by atoms with Crippen molar-refractivity contribution >= 4 is 18.0 Å². The largest absolute Gasteiger partial charge is 0.480 e. The van der Waals surface area contributed by atoms with E-state index < -0.39 is 23.5 Å². The minimum Gasteiger partial charge on any atom is -0.480 e. The van der Waals surface area contributed by atoms with Gasteiger partial charge in [0.15, 0.2) is 5.76 Å². The SMILES string of the molecule is O=C(NCc1ccc(C(=O)NC2(C(=O)O)CCC2)o1)OCC1c2ccccc2-c2ccccc21. The summed E-state index contributed by atoms with van der Waals surface area (Å²) >= 11 is 0. The van der Waals surface area contributed by atoms with Crippen molar-refractivity contribution in [1.29, 1.82) is 0 Å². The number of benzene rings is 2. The lowest BCUT2D eigenvalue weighted by atomic mass is 9.76. The van der Waals surface area contributed by atoms with E-state index in [1.807, 2.05) is 24.3 Å². The summed E-state index contributed by atoms with van der Waals surface area (Å²) in [5.41, 5.74) is 3.34. The van der Waals surface area contributed by atoms with Gasteiger partial charge in [-0.25, -0.2) is 9.59 Å². The lowest BCUT2D eigenvalue weighted by Crippen LogP contribution is -2.59. The molecule has 2 aromatic carbocycles. The number of amides is 2. The molecule has 2 aliphatic carbocycles. The molecule has 1 saturated carbocycles. The Labute approximate surface area is 195 Å². The summed E-state index contributed by atoms with van der Waals surface area (Å²) in [7, 11) is 0. The molecule has 0 radical (unpaired) electrons. The van der Waals surface area contributed by atoms with Gasteiger partial charge in [-0.2, -0.15) is 0 Å². The molecule has 3 aromatic rings. The van der Waals surface area contributed by atoms with Crippen LogP contribution in [0.15, 0.2) is 65.1 Å². The fraction of sp³-hybridized carbons (Fsp3) is 0.269. The second kappa shape index (κ2) is 8.70. The number of carboxylic acid groups (broad SMARTS) is 1. The lowest BCUT2D eigenvalue weighted by Gasteiger charge is -2.37. The van der Waals surface area contributed by atoms with E-state index in [9.17, 15) is 19.5 Å². The van der Waals surface area contributed by atoms with E-state index >= 15 is 0 Å². The topological polar surface area (TPSA) is 118 Å². The molecule has 0 saturated heterocycles. The van der Waals surface area contributed by atoms with Gasteiger partial charge in [0.05, 0.1) is 6.54 Å². The highest BCUT2D eigenvalue weighted by atomic mass is 16.5. The van der Waals surface area contributed by atoms with Crippen molar-refractivity contribution in [1.82, 2.24) is 10.6 Å². The number of furan rings is 1. The van der Waals surface area contributed by atoms with Gasteiger partial charge in [-0.3, -0.25) is 4.79 Å². The van der Waals surface area contributed by atoms with Crippen LogP contribution < -0.4 is 10.6 Å². The predicted octanol–water partition coefficient (Wildman–Crippen LogP) is 4.06. The van der Waals surface area contributed by atoms with Crippen LogP contribution >= 0.6 is 0 Å². The number of ether oxygens (including phenoxy) is 1. The highest BCUT2D eigenvalue weighted by Crippen LogP contribution is 2.44. The van der Waals surface area contributed by atoms with E-state index in [0.717, 1.165) is 28.7 Å². The van der Waals surface area contributed by atoms with Gasteiger partial charge in [-0.05, 0) is 53.6 Å². The summed E-state index contributed by atoms with van der Waals surface area (Å²) in [6.07, 6.45) is 0.944. The number of hydrogen-bond acceptors (Lipinski definition) is 5. The van der Waals surface area contributed by atoms with Gasteiger partial charge >= 0.3 is 12.1 Å². The van der Waals surface area contributed by atoms with Crippen LogP contribution in [-0.4, -0.2) is 35.2 Å². The van der Waals surface area contributed by atoms with Gasteiger partial charge in [0.2, 0.25) is 0 Å². The summed E-state index contributed by atoms with van der Waals surface area (Å²) in [5, 5.41) is 14.5. The van der Waals surface area contributed by atoms with E-state index in [0.29, 0.717) is 18.6 Å². The Morgan fingerprint density at radius 1 is 0.971 bits per heavy atom. The van der Waals surface area contributed by atoms with E-state index in [-0.39, 0.29) is 24.8 Å². The summed E-state index contributed by atoms with van der Waals surface area (Å²) in [5.74, 6) is -1.32. The number of hydrogen-bond donors (Lipinski definition) is 3. The third kappa shape index (κ3) is 3.91. The Bertz CT molecular complexity index is 1210. The second-order valence-corrected chi connectivity index (χ2v) is 8.64. The van der Waals surface area contributed by atoms with Crippen LogP contribution in [0.25, 0.3) is 11.1 Å². The molecular formula is C26H24N2O6. The van der Waals surface area contributed by atoms with Crippen molar-refractivity contribution in [3.05, 3.63) is 83.3 Å². The molecule has 2 amide bonds. The minimum atomic E-state index is -1.22. The van der Waals surface area contributed by atoms with E-state index in [1.54, 1.807) is 6.07 Å². The molecule has 174 valence electrons. The first-order valence-corrected chi connectivity index (χ1v) is 11.2. The van der Waals surface area contributed by atoms with Crippen molar-refractivity contribution < 1.29 is 28.6 Å². The maximum Gasteiger partial charge on any atom is 0.407 e. The molecule has 8 heteroatoms. The number of fused-ring (bicyclic) bond motifs is 3. The minimum absolute atomic E-state index is 0.00291. The van der Waals surface area contributed by atoms with E-state index in [4.69, 9.17) is 9.15 Å². The Kier molecular flexibility index (Phi) is 5.57. The molecule has 5 rings (SSSR count). The van der Waals surface area contributed by atoms with Crippen LogP contribution in [0.2, 0.25) is 0 Å². The normalized spacial score (nSPS) is 15.5. The molecule has 0 atom stereocenters. The summed E-state index contributed by atoms with van der Waals surface area (Å²) < 4.78 is 11.0. The zero-order valence-electron chi connectivity index (χ0n) is 18.4. The Morgan fingerprint density at radius 3 is 2.21 bits per heavy atom. The van der Waals surface area contributed by atoms with Crippen molar-refractivity contribution in [2.45, 2.75) is 37.3 Å². The van der Waals surface area contributed by atoms with E-state index in [2.05, 4.69) is 34.9 Å². The number of alkyl carbamates (subject to hydrolysis) is 1. The van der Waals surface area contributed by atoms with Crippen molar-refractivity contribution in [3.63, 3.8) is 0 Å². The smallest absolute Gasteiger partial charge is 0.407 e. The van der Waals surface area contributed by atoms with Gasteiger partial charge < -0.3 is 24.9 Å². The molecule has 1 aromatic heterocycles. The Morgan fingerprint density at radius 2 is 1.62 bits per heavy atom. The molecule has 0 spiro atoms. The molecule has 0 aliphatic heterocycles. The molecule has 8 nitrogen and oxygen atoms in total. The van der Waals surface area contributed by atoms with Crippen LogP contribution in [0, 0.1) is 0 Å². The van der Waals surface area contributed by atoms with Crippen LogP contribution in [0.3, 0.4) is 0 Å². The molecule has 3 N–H and O–H groups in total. The highest BCUT2D eigenvalue weighted by molar-refractivity contribution is 5.96. The van der Waals surface area contributed by atoms with Crippen LogP contribution in [0.5, 0.6) is 0 Å². The molecule has 34 heavy (non-hydrogen) atoms. The van der Waals surface area contributed by atoms with Gasteiger partial charge in [0.25, 0.3) is 5.91 Å². The van der Waals surface area contributed by atoms with Gasteiger partial charge in [-0.1, -0.05) is 48.5 Å². The van der Waals surface area contributed by atoms with Gasteiger partial charge in [-0.15, -0.1) is 0 Å². The monoisotopic (exact) mass is 460 g/mol. The molecule has 0 unspecified atom stereocenters. The van der Waals surface area contributed by atoms with Crippen LogP contribution in [-0.2, 0) is 16.1 Å². The van der Waals surface area contributed by atoms with Crippen molar-refractivity contribution in [3.8, 4) is 11.1 Å². The second-order valence-electron chi connectivity index (χ2n) is 8.64. The maximum atomic E-state index is 12.4. The fourth-order valence-electron chi connectivity index (χ4n) is 4.61. The molecular weight excluding hydrogens is 436 g/mol. The number of carbonyl (C=O) groups excluding carboxylic acids is 2. The zero-order valence-corrected chi connectivity index (χ0v) is 18.4. The highest BCUT2D eigenvalue weighted by Gasteiger charge is 2.46. The number of carboxylic acids is 1. The Hall–Kier alpha value is -4.07. The molecule has 1 heterocycles. The lowest BCUT2D eigenvalue weighted by molar-refractivity contribution is -0.148. The number of carbonyl (C=O) groups is 3. The van der Waals surface area contributed by atoms with Crippen LogP contribution in [0.1, 0.15) is 52.6 Å². The van der Waals surface area contributed by atoms with Gasteiger partial charge in [0, 0.05) is 5.92 Å².